The molecule has 0 aliphatic heterocycles. The summed E-state index contributed by atoms with van der Waals surface area (Å²) >= 11 is 0. The van der Waals surface area contributed by atoms with E-state index in [4.69, 9.17) is 0 Å². The first-order valence-corrected chi connectivity index (χ1v) is 8.07. The van der Waals surface area contributed by atoms with E-state index in [0.717, 1.165) is 17.0 Å². The highest BCUT2D eigenvalue weighted by atomic mass is 19.1. The van der Waals surface area contributed by atoms with Gasteiger partial charge in [-0.2, -0.15) is 10.2 Å². The van der Waals surface area contributed by atoms with Crippen molar-refractivity contribution >= 4 is 11.6 Å². The third kappa shape index (κ3) is 4.53. The molecular weight excluding hydrogens is 321 g/mol. The van der Waals surface area contributed by atoms with E-state index in [0.29, 0.717) is 25.2 Å². The van der Waals surface area contributed by atoms with Gasteiger partial charge >= 0.3 is 0 Å². The summed E-state index contributed by atoms with van der Waals surface area (Å²) in [4.78, 5) is 12.1. The van der Waals surface area contributed by atoms with Gasteiger partial charge in [0.1, 0.15) is 5.82 Å². The number of aromatic nitrogens is 4. The number of carbonyl (C=O) groups excluding carboxylic acids is 1. The van der Waals surface area contributed by atoms with Crippen molar-refractivity contribution < 1.29 is 9.18 Å². The maximum atomic E-state index is 13.2. The van der Waals surface area contributed by atoms with Crippen LogP contribution in [0.5, 0.6) is 0 Å². The maximum Gasteiger partial charge on any atom is 0.226 e. The number of hydrogen-bond acceptors (Lipinski definition) is 3. The lowest BCUT2D eigenvalue weighted by Gasteiger charge is -2.05. The number of nitrogens with zero attached hydrogens (tertiary/aromatic N) is 4. The first-order valence-electron chi connectivity index (χ1n) is 8.07. The van der Waals surface area contributed by atoms with Gasteiger partial charge in [-0.25, -0.2) is 4.39 Å². The Balaban J connectivity index is 1.54. The molecule has 7 heteroatoms. The number of amides is 1. The van der Waals surface area contributed by atoms with E-state index < -0.39 is 0 Å². The fraction of sp³-hybridized carbons (Fsp3) is 0.278. The molecule has 1 N–H and O–H groups in total. The fourth-order valence-electron chi connectivity index (χ4n) is 2.67. The second-order valence-electron chi connectivity index (χ2n) is 6.00. The molecule has 0 spiro atoms. The molecule has 0 radical (unpaired) electrons. The highest BCUT2D eigenvalue weighted by Gasteiger charge is 2.08. The average molecular weight is 341 g/mol. The molecule has 3 rings (SSSR count). The molecule has 0 aliphatic carbocycles. The van der Waals surface area contributed by atoms with E-state index in [1.165, 1.54) is 12.1 Å². The van der Waals surface area contributed by atoms with Gasteiger partial charge in [0.15, 0.2) is 0 Å². The van der Waals surface area contributed by atoms with Crippen molar-refractivity contribution in [3.63, 3.8) is 0 Å². The Morgan fingerprint density at radius 3 is 2.84 bits per heavy atom. The Morgan fingerprint density at radius 2 is 2.12 bits per heavy atom. The number of halogens is 1. The summed E-state index contributed by atoms with van der Waals surface area (Å²) in [5.41, 5.74) is 3.41. The van der Waals surface area contributed by atoms with Crippen molar-refractivity contribution in [3.8, 4) is 0 Å². The van der Waals surface area contributed by atoms with Crippen LogP contribution in [0, 0.1) is 19.7 Å². The quantitative estimate of drug-likeness (QED) is 0.750. The highest BCUT2D eigenvalue weighted by Crippen LogP contribution is 2.10. The summed E-state index contributed by atoms with van der Waals surface area (Å²) in [6.07, 6.45) is 3.64. The van der Waals surface area contributed by atoms with E-state index >= 15 is 0 Å². The maximum absolute atomic E-state index is 13.2. The molecule has 1 aromatic carbocycles. The third-order valence-corrected chi connectivity index (χ3v) is 3.80. The summed E-state index contributed by atoms with van der Waals surface area (Å²) in [6, 6.07) is 8.34. The normalized spacial score (nSPS) is 10.8. The summed E-state index contributed by atoms with van der Waals surface area (Å²) in [7, 11) is 0. The summed E-state index contributed by atoms with van der Waals surface area (Å²) < 4.78 is 16.7. The van der Waals surface area contributed by atoms with Crippen molar-refractivity contribution in [2.45, 2.75) is 33.4 Å². The van der Waals surface area contributed by atoms with Crippen LogP contribution >= 0.6 is 0 Å². The lowest BCUT2D eigenvalue weighted by Crippen LogP contribution is -2.15. The summed E-state index contributed by atoms with van der Waals surface area (Å²) in [6.45, 7) is 4.87. The zero-order valence-electron chi connectivity index (χ0n) is 14.2. The van der Waals surface area contributed by atoms with E-state index in [1.54, 1.807) is 23.1 Å². The number of hydrogen-bond donors (Lipinski definition) is 1. The molecule has 2 aromatic heterocycles. The van der Waals surface area contributed by atoms with Crippen LogP contribution < -0.4 is 5.32 Å². The Bertz CT molecular complexity index is 883. The first-order chi connectivity index (χ1) is 12.0. The minimum atomic E-state index is -0.276. The number of anilines is 1. The molecule has 6 nitrogen and oxygen atoms in total. The van der Waals surface area contributed by atoms with Crippen LogP contribution in [-0.2, 0) is 17.9 Å². The number of aryl methyl sites for hydroxylation is 3. The lowest BCUT2D eigenvalue weighted by atomic mass is 10.2. The number of benzene rings is 1. The van der Waals surface area contributed by atoms with Gasteiger partial charge in [0.05, 0.1) is 24.1 Å². The molecule has 0 fully saturated rings. The molecule has 2 heterocycles. The van der Waals surface area contributed by atoms with Crippen LogP contribution in [0.2, 0.25) is 0 Å². The molecule has 0 bridgehead atoms. The van der Waals surface area contributed by atoms with Crippen molar-refractivity contribution in [1.82, 2.24) is 19.6 Å². The Morgan fingerprint density at radius 1 is 1.28 bits per heavy atom. The minimum absolute atomic E-state index is 0.0992. The smallest absolute Gasteiger partial charge is 0.226 e. The zero-order valence-corrected chi connectivity index (χ0v) is 14.2. The Labute approximate surface area is 145 Å². The average Bonchev–Trinajstić information content (AvgIpc) is 3.11. The zero-order chi connectivity index (χ0) is 17.8. The predicted molar refractivity (Wildman–Crippen MR) is 92.7 cm³/mol. The van der Waals surface area contributed by atoms with E-state index in [2.05, 4.69) is 15.5 Å². The van der Waals surface area contributed by atoms with Gasteiger partial charge in [0.25, 0.3) is 0 Å². The monoisotopic (exact) mass is 341 g/mol. The van der Waals surface area contributed by atoms with Gasteiger partial charge in [-0.1, -0.05) is 12.1 Å². The van der Waals surface area contributed by atoms with Crippen molar-refractivity contribution in [1.29, 1.82) is 0 Å². The van der Waals surface area contributed by atoms with Crippen LogP contribution in [0.15, 0.2) is 42.7 Å². The van der Waals surface area contributed by atoms with Gasteiger partial charge in [-0.15, -0.1) is 0 Å². The lowest BCUT2D eigenvalue weighted by molar-refractivity contribution is -0.116. The highest BCUT2D eigenvalue weighted by molar-refractivity contribution is 5.90. The number of nitrogens with one attached hydrogen (secondary N) is 1. The molecular formula is C18H20FN5O. The predicted octanol–water partition coefficient (Wildman–Crippen LogP) is 2.91. The largest absolute Gasteiger partial charge is 0.323 e. The van der Waals surface area contributed by atoms with Crippen LogP contribution in [0.3, 0.4) is 0 Å². The third-order valence-electron chi connectivity index (χ3n) is 3.80. The second kappa shape index (κ2) is 7.29. The van der Waals surface area contributed by atoms with Crippen LogP contribution in [-0.4, -0.2) is 25.5 Å². The molecule has 0 aliphatic rings. The van der Waals surface area contributed by atoms with Gasteiger partial charge in [-0.3, -0.25) is 14.2 Å². The molecule has 0 saturated carbocycles. The standard InChI is InChI=1S/C18H20FN5O/c1-13-8-14(2)24(22-13)7-6-18(25)21-17-10-20-23(12-17)11-15-4-3-5-16(19)9-15/h3-5,8-10,12H,6-7,11H2,1-2H3,(H,21,25). The van der Waals surface area contributed by atoms with Gasteiger partial charge in [0, 0.05) is 24.9 Å². The van der Waals surface area contributed by atoms with Gasteiger partial charge in [0.2, 0.25) is 5.91 Å². The molecule has 1 amide bonds. The summed E-state index contributed by atoms with van der Waals surface area (Å²) in [5.74, 6) is -0.375. The van der Waals surface area contributed by atoms with Crippen LogP contribution in [0.4, 0.5) is 10.1 Å². The van der Waals surface area contributed by atoms with E-state index in [9.17, 15) is 9.18 Å². The molecule has 0 saturated heterocycles. The topological polar surface area (TPSA) is 64.7 Å². The van der Waals surface area contributed by atoms with Crippen LogP contribution in [0.25, 0.3) is 0 Å². The van der Waals surface area contributed by atoms with Gasteiger partial charge < -0.3 is 5.32 Å². The molecule has 3 aromatic rings. The van der Waals surface area contributed by atoms with Crippen molar-refractivity contribution in [2.24, 2.45) is 0 Å². The molecule has 0 unspecified atom stereocenters. The Hall–Kier alpha value is -2.96. The number of carbonyl (C=O) groups is 1. The fourth-order valence-corrected chi connectivity index (χ4v) is 2.67. The first kappa shape index (κ1) is 16.9. The van der Waals surface area contributed by atoms with Crippen molar-refractivity contribution in [3.05, 3.63) is 65.5 Å². The van der Waals surface area contributed by atoms with E-state index in [1.807, 2.05) is 30.7 Å². The van der Waals surface area contributed by atoms with Crippen LogP contribution in [0.1, 0.15) is 23.4 Å². The Kier molecular flexibility index (Phi) is 4.92. The molecule has 0 atom stereocenters. The second-order valence-corrected chi connectivity index (χ2v) is 6.00. The SMILES string of the molecule is Cc1cc(C)n(CCC(=O)Nc2cnn(Cc3cccc(F)c3)c2)n1. The minimum Gasteiger partial charge on any atom is -0.323 e. The molecule has 25 heavy (non-hydrogen) atoms. The van der Waals surface area contributed by atoms with Crippen molar-refractivity contribution in [2.75, 3.05) is 5.32 Å². The summed E-state index contributed by atoms with van der Waals surface area (Å²) in [5, 5.41) is 11.3. The number of rotatable bonds is 6. The van der Waals surface area contributed by atoms with Gasteiger partial charge in [-0.05, 0) is 37.6 Å². The molecule has 130 valence electrons. The van der Waals surface area contributed by atoms with E-state index in [-0.39, 0.29) is 11.7 Å².